The maximum absolute atomic E-state index is 13.0. The summed E-state index contributed by atoms with van der Waals surface area (Å²) >= 11 is 0. The number of nitrogens with one attached hydrogen (secondary N) is 2. The summed E-state index contributed by atoms with van der Waals surface area (Å²) in [4.78, 5) is 0. The molecule has 0 aromatic heterocycles. The molecule has 0 aliphatic carbocycles. The number of anilines is 1. The first-order valence-electron chi connectivity index (χ1n) is 5.27. The standard InChI is InChI=1S/C13H13FN2O/c14-12-8-10(6-7-13(12)17)9-15-16-11-4-2-1-3-5-11/h1-8,15-17H,9H2. The molecule has 3 nitrogen and oxygen atoms in total. The van der Waals surface area contributed by atoms with Crippen molar-refractivity contribution in [3.05, 3.63) is 59.9 Å². The lowest BCUT2D eigenvalue weighted by atomic mass is 10.2. The third-order valence-corrected chi connectivity index (χ3v) is 2.31. The molecule has 0 fully saturated rings. The van der Waals surface area contributed by atoms with Crippen LogP contribution in [0.3, 0.4) is 0 Å². The number of hydrogen-bond donors (Lipinski definition) is 3. The Labute approximate surface area is 98.9 Å². The molecule has 0 unspecified atom stereocenters. The van der Waals surface area contributed by atoms with Gasteiger partial charge >= 0.3 is 0 Å². The Bertz CT molecular complexity index is 488. The van der Waals surface area contributed by atoms with Crippen molar-refractivity contribution in [3.8, 4) is 5.75 Å². The molecular weight excluding hydrogens is 219 g/mol. The highest BCUT2D eigenvalue weighted by atomic mass is 19.1. The zero-order valence-electron chi connectivity index (χ0n) is 9.15. The smallest absolute Gasteiger partial charge is 0.165 e. The van der Waals surface area contributed by atoms with E-state index < -0.39 is 5.82 Å². The summed E-state index contributed by atoms with van der Waals surface area (Å²) < 4.78 is 13.0. The van der Waals surface area contributed by atoms with Crippen LogP contribution < -0.4 is 10.9 Å². The van der Waals surface area contributed by atoms with Gasteiger partial charge in [0.25, 0.3) is 0 Å². The van der Waals surface area contributed by atoms with Gasteiger partial charge in [0.15, 0.2) is 11.6 Å². The van der Waals surface area contributed by atoms with Crippen LogP contribution in [0.1, 0.15) is 5.56 Å². The van der Waals surface area contributed by atoms with E-state index in [1.165, 1.54) is 12.1 Å². The molecule has 88 valence electrons. The van der Waals surface area contributed by atoms with E-state index in [9.17, 15) is 4.39 Å². The van der Waals surface area contributed by atoms with E-state index in [4.69, 9.17) is 5.11 Å². The van der Waals surface area contributed by atoms with E-state index in [1.807, 2.05) is 30.3 Å². The Morgan fingerprint density at radius 1 is 1.06 bits per heavy atom. The van der Waals surface area contributed by atoms with Gasteiger partial charge in [-0.15, -0.1) is 0 Å². The summed E-state index contributed by atoms with van der Waals surface area (Å²) in [7, 11) is 0. The van der Waals surface area contributed by atoms with Crippen LogP contribution in [-0.2, 0) is 6.54 Å². The summed E-state index contributed by atoms with van der Waals surface area (Å²) in [5.74, 6) is -0.936. The van der Waals surface area contributed by atoms with Gasteiger partial charge in [-0.3, -0.25) is 0 Å². The van der Waals surface area contributed by atoms with Crippen LogP contribution in [0, 0.1) is 5.82 Å². The quantitative estimate of drug-likeness (QED) is 0.710. The molecule has 0 bridgehead atoms. The number of phenolic OH excluding ortho intramolecular Hbond substituents is 1. The van der Waals surface area contributed by atoms with Gasteiger partial charge in [0.05, 0.1) is 0 Å². The second kappa shape index (κ2) is 5.32. The Balaban J connectivity index is 1.88. The molecule has 0 heterocycles. The first-order valence-corrected chi connectivity index (χ1v) is 5.27. The highest BCUT2D eigenvalue weighted by Crippen LogP contribution is 2.15. The Hall–Kier alpha value is -2.07. The van der Waals surface area contributed by atoms with Crippen molar-refractivity contribution in [2.45, 2.75) is 6.54 Å². The molecular formula is C13H13FN2O. The van der Waals surface area contributed by atoms with Crippen molar-refractivity contribution in [2.75, 3.05) is 5.43 Å². The minimum absolute atomic E-state index is 0.329. The average molecular weight is 232 g/mol. The molecule has 0 amide bonds. The third-order valence-electron chi connectivity index (χ3n) is 2.31. The Kier molecular flexibility index (Phi) is 3.57. The van der Waals surface area contributed by atoms with Crippen LogP contribution in [0.15, 0.2) is 48.5 Å². The van der Waals surface area contributed by atoms with E-state index in [0.29, 0.717) is 6.54 Å². The number of para-hydroxylation sites is 1. The molecule has 0 saturated heterocycles. The van der Waals surface area contributed by atoms with Gasteiger partial charge in [0.1, 0.15) is 0 Å². The predicted octanol–water partition coefficient (Wildman–Crippen LogP) is 2.65. The molecule has 0 aliphatic heterocycles. The molecule has 2 rings (SSSR count). The number of hydrazine groups is 1. The normalized spacial score (nSPS) is 10.2. The van der Waals surface area contributed by atoms with Crippen LogP contribution in [-0.4, -0.2) is 5.11 Å². The van der Waals surface area contributed by atoms with Crippen molar-refractivity contribution in [1.29, 1.82) is 0 Å². The molecule has 0 spiro atoms. The van der Waals surface area contributed by atoms with Crippen molar-refractivity contribution < 1.29 is 9.50 Å². The minimum Gasteiger partial charge on any atom is -0.505 e. The van der Waals surface area contributed by atoms with E-state index in [1.54, 1.807) is 6.07 Å². The fourth-order valence-corrected chi connectivity index (χ4v) is 1.43. The fraction of sp³-hybridized carbons (Fsp3) is 0.0769. The van der Waals surface area contributed by atoms with Crippen LogP contribution in [0.5, 0.6) is 5.75 Å². The van der Waals surface area contributed by atoms with E-state index in [0.717, 1.165) is 11.3 Å². The van der Waals surface area contributed by atoms with Gasteiger partial charge in [-0.25, -0.2) is 9.82 Å². The maximum Gasteiger partial charge on any atom is 0.165 e. The third kappa shape index (κ3) is 3.19. The van der Waals surface area contributed by atoms with Gasteiger partial charge in [-0.2, -0.15) is 0 Å². The minimum atomic E-state index is -0.607. The number of hydrogen-bond acceptors (Lipinski definition) is 3. The second-order valence-corrected chi connectivity index (χ2v) is 3.63. The average Bonchev–Trinajstić information content (AvgIpc) is 2.35. The highest BCUT2D eigenvalue weighted by molar-refractivity contribution is 5.41. The van der Waals surface area contributed by atoms with Gasteiger partial charge in [0, 0.05) is 12.2 Å². The molecule has 0 saturated carbocycles. The molecule has 2 aromatic rings. The molecule has 2 aromatic carbocycles. The molecule has 0 radical (unpaired) electrons. The lowest BCUT2D eigenvalue weighted by Crippen LogP contribution is -2.20. The van der Waals surface area contributed by atoms with Gasteiger partial charge in [-0.05, 0) is 29.8 Å². The van der Waals surface area contributed by atoms with E-state index in [-0.39, 0.29) is 5.75 Å². The zero-order valence-corrected chi connectivity index (χ0v) is 9.15. The van der Waals surface area contributed by atoms with Gasteiger partial charge in [-0.1, -0.05) is 24.3 Å². The molecule has 17 heavy (non-hydrogen) atoms. The lowest BCUT2D eigenvalue weighted by molar-refractivity contribution is 0.431. The van der Waals surface area contributed by atoms with Crippen LogP contribution in [0.4, 0.5) is 10.1 Å². The number of halogens is 1. The largest absolute Gasteiger partial charge is 0.505 e. The summed E-state index contributed by atoms with van der Waals surface area (Å²) in [5, 5.41) is 9.04. The Morgan fingerprint density at radius 2 is 1.82 bits per heavy atom. The first-order chi connectivity index (χ1) is 8.25. The van der Waals surface area contributed by atoms with E-state index >= 15 is 0 Å². The van der Waals surface area contributed by atoms with Crippen molar-refractivity contribution in [1.82, 2.24) is 5.43 Å². The topological polar surface area (TPSA) is 44.3 Å². The lowest BCUT2D eigenvalue weighted by Gasteiger charge is -2.08. The number of rotatable bonds is 4. The zero-order chi connectivity index (χ0) is 12.1. The molecule has 3 N–H and O–H groups in total. The number of phenols is 1. The molecule has 4 heteroatoms. The SMILES string of the molecule is Oc1ccc(CNNc2ccccc2)cc1F. The summed E-state index contributed by atoms with van der Waals surface area (Å²) in [6.45, 7) is 0.464. The number of aromatic hydroxyl groups is 1. The van der Waals surface area contributed by atoms with Crippen LogP contribution >= 0.6 is 0 Å². The summed E-state index contributed by atoms with van der Waals surface area (Å²) in [5.41, 5.74) is 7.65. The second-order valence-electron chi connectivity index (χ2n) is 3.63. The van der Waals surface area contributed by atoms with E-state index in [2.05, 4.69) is 10.9 Å². The van der Waals surface area contributed by atoms with Gasteiger partial charge in [0.2, 0.25) is 0 Å². The van der Waals surface area contributed by atoms with Crippen molar-refractivity contribution in [2.24, 2.45) is 0 Å². The van der Waals surface area contributed by atoms with Gasteiger partial charge < -0.3 is 10.5 Å². The monoisotopic (exact) mass is 232 g/mol. The Morgan fingerprint density at radius 3 is 2.53 bits per heavy atom. The summed E-state index contributed by atoms with van der Waals surface area (Å²) in [6, 6.07) is 13.9. The van der Waals surface area contributed by atoms with Crippen molar-refractivity contribution in [3.63, 3.8) is 0 Å². The number of benzene rings is 2. The van der Waals surface area contributed by atoms with Crippen molar-refractivity contribution >= 4 is 5.69 Å². The van der Waals surface area contributed by atoms with Crippen LogP contribution in [0.2, 0.25) is 0 Å². The fourth-order valence-electron chi connectivity index (χ4n) is 1.43. The first kappa shape index (κ1) is 11.4. The molecule has 0 aliphatic rings. The molecule has 0 atom stereocenters. The maximum atomic E-state index is 13.0. The summed E-state index contributed by atoms with van der Waals surface area (Å²) in [6.07, 6.45) is 0. The highest BCUT2D eigenvalue weighted by Gasteiger charge is 2.00. The predicted molar refractivity (Wildman–Crippen MR) is 65.0 cm³/mol. The van der Waals surface area contributed by atoms with Crippen LogP contribution in [0.25, 0.3) is 0 Å².